The number of rotatable bonds is 8. The second-order valence-electron chi connectivity index (χ2n) is 10.2. The van der Waals surface area contributed by atoms with Crippen LogP contribution in [-0.2, 0) is 17.4 Å². The number of likely N-dealkylation sites (N-methyl/N-ethyl adjacent to an activating group) is 1. The number of amides is 1. The van der Waals surface area contributed by atoms with Crippen molar-refractivity contribution in [3.63, 3.8) is 0 Å². The van der Waals surface area contributed by atoms with Gasteiger partial charge in [0.1, 0.15) is 11.4 Å². The first-order valence-electron chi connectivity index (χ1n) is 12.9. The van der Waals surface area contributed by atoms with E-state index in [1.807, 2.05) is 29.2 Å². The van der Waals surface area contributed by atoms with E-state index in [-0.39, 0.29) is 11.7 Å². The van der Waals surface area contributed by atoms with Gasteiger partial charge in [-0.3, -0.25) is 14.7 Å². The van der Waals surface area contributed by atoms with Gasteiger partial charge in [0.25, 0.3) is 0 Å². The Morgan fingerprint density at radius 1 is 0.975 bits per heavy atom. The molecular weight excluding hydrogens is 536 g/mol. The minimum Gasteiger partial charge on any atom is -0.406 e. The fraction of sp³-hybridized carbons (Fsp3) is 0.379. The molecule has 2 aromatic carbocycles. The number of carbonyl (C=O) groups is 1. The van der Waals surface area contributed by atoms with Gasteiger partial charge in [0.05, 0.1) is 12.1 Å². The molecule has 2 fully saturated rings. The summed E-state index contributed by atoms with van der Waals surface area (Å²) >= 11 is 0. The molecule has 3 aromatic rings. The van der Waals surface area contributed by atoms with Gasteiger partial charge in [-0.15, -0.1) is 13.2 Å². The van der Waals surface area contributed by atoms with Crippen LogP contribution >= 0.6 is 0 Å². The summed E-state index contributed by atoms with van der Waals surface area (Å²) < 4.78 is 81.2. The van der Waals surface area contributed by atoms with Gasteiger partial charge in [-0.2, -0.15) is 13.2 Å². The molecule has 5 rings (SSSR count). The quantitative estimate of drug-likeness (QED) is 0.280. The summed E-state index contributed by atoms with van der Waals surface area (Å²) in [5.74, 6) is -0.0543. The number of pyridine rings is 1. The zero-order valence-corrected chi connectivity index (χ0v) is 21.5. The molecule has 0 N–H and O–H groups in total. The number of aromatic nitrogens is 1. The Bertz CT molecular complexity index is 1340. The van der Waals surface area contributed by atoms with Gasteiger partial charge in [-0.1, -0.05) is 30.3 Å². The van der Waals surface area contributed by atoms with Crippen molar-refractivity contribution in [1.29, 1.82) is 0 Å². The van der Waals surface area contributed by atoms with Crippen molar-refractivity contribution >= 4 is 11.6 Å². The Labute approximate surface area is 227 Å². The number of ether oxygens (including phenoxy) is 1. The van der Waals surface area contributed by atoms with Gasteiger partial charge in [0, 0.05) is 18.4 Å². The summed E-state index contributed by atoms with van der Waals surface area (Å²) in [7, 11) is 1.75. The number of alkyl halides is 6. The summed E-state index contributed by atoms with van der Waals surface area (Å²) in [6.07, 6.45) is -5.28. The molecule has 212 valence electrons. The average Bonchev–Trinajstić information content (AvgIpc) is 3.69. The number of benzene rings is 2. The van der Waals surface area contributed by atoms with Crippen LogP contribution < -0.4 is 9.64 Å². The Kier molecular flexibility index (Phi) is 7.52. The third kappa shape index (κ3) is 6.41. The molecule has 0 bridgehead atoms. The Balaban J connectivity index is 1.37. The van der Waals surface area contributed by atoms with Crippen molar-refractivity contribution in [2.75, 3.05) is 18.5 Å². The van der Waals surface area contributed by atoms with Crippen LogP contribution in [0.1, 0.15) is 53.6 Å². The molecule has 1 aliphatic carbocycles. The number of anilines is 1. The van der Waals surface area contributed by atoms with Crippen LogP contribution in [0, 0.1) is 0 Å². The Morgan fingerprint density at radius 2 is 1.70 bits per heavy atom. The van der Waals surface area contributed by atoms with E-state index in [4.69, 9.17) is 0 Å². The summed E-state index contributed by atoms with van der Waals surface area (Å²) in [5, 5.41) is 0. The minimum atomic E-state index is -4.85. The maximum Gasteiger partial charge on any atom is 0.573 e. The van der Waals surface area contributed by atoms with E-state index in [0.29, 0.717) is 42.1 Å². The molecule has 5 nitrogen and oxygen atoms in total. The van der Waals surface area contributed by atoms with Crippen molar-refractivity contribution in [2.24, 2.45) is 0 Å². The van der Waals surface area contributed by atoms with Gasteiger partial charge in [0.15, 0.2) is 0 Å². The first-order chi connectivity index (χ1) is 18.9. The van der Waals surface area contributed by atoms with E-state index in [9.17, 15) is 31.1 Å². The zero-order valence-electron chi connectivity index (χ0n) is 21.5. The van der Waals surface area contributed by atoms with Crippen molar-refractivity contribution in [1.82, 2.24) is 9.88 Å². The fourth-order valence-corrected chi connectivity index (χ4v) is 5.14. The number of hydrogen-bond donors (Lipinski definition) is 0. The molecule has 2 aliphatic rings. The van der Waals surface area contributed by atoms with Crippen LogP contribution in [0.3, 0.4) is 0 Å². The highest BCUT2D eigenvalue weighted by Gasteiger charge is 2.43. The van der Waals surface area contributed by atoms with Crippen LogP contribution in [-0.4, -0.2) is 41.8 Å². The molecule has 40 heavy (non-hydrogen) atoms. The topological polar surface area (TPSA) is 45.7 Å². The predicted molar refractivity (Wildman–Crippen MR) is 136 cm³/mol. The lowest BCUT2D eigenvalue weighted by molar-refractivity contribution is -0.274. The monoisotopic (exact) mass is 563 g/mol. The molecule has 2 atom stereocenters. The summed E-state index contributed by atoms with van der Waals surface area (Å²) in [5.41, 5.74) is 1.95. The van der Waals surface area contributed by atoms with Crippen molar-refractivity contribution in [2.45, 2.75) is 56.2 Å². The Morgan fingerprint density at radius 3 is 2.30 bits per heavy atom. The molecule has 0 spiro atoms. The number of halogens is 6. The third-order valence-corrected chi connectivity index (χ3v) is 7.38. The lowest BCUT2D eigenvalue weighted by atomic mass is 10.0. The smallest absolute Gasteiger partial charge is 0.406 e. The fourth-order valence-electron chi connectivity index (χ4n) is 5.14. The van der Waals surface area contributed by atoms with Gasteiger partial charge in [-0.05, 0) is 85.7 Å². The number of hydrogen-bond acceptors (Lipinski definition) is 4. The highest BCUT2D eigenvalue weighted by atomic mass is 19.4. The van der Waals surface area contributed by atoms with E-state index in [1.54, 1.807) is 18.0 Å². The molecule has 11 heteroatoms. The normalized spacial score (nSPS) is 19.9. The van der Waals surface area contributed by atoms with Gasteiger partial charge in [-0.25, -0.2) is 0 Å². The van der Waals surface area contributed by atoms with Crippen LogP contribution in [0.4, 0.5) is 32.0 Å². The molecule has 0 unspecified atom stereocenters. The molecule has 0 radical (unpaired) electrons. The van der Waals surface area contributed by atoms with Crippen molar-refractivity contribution < 1.29 is 35.9 Å². The molecule has 1 saturated carbocycles. The predicted octanol–water partition coefficient (Wildman–Crippen LogP) is 6.90. The minimum absolute atomic E-state index is 0.209. The highest BCUT2D eigenvalue weighted by Crippen LogP contribution is 2.43. The lowest BCUT2D eigenvalue weighted by Gasteiger charge is -2.26. The molecule has 1 saturated heterocycles. The highest BCUT2D eigenvalue weighted by molar-refractivity contribution is 6.00. The van der Waals surface area contributed by atoms with Crippen LogP contribution in [0.5, 0.6) is 5.75 Å². The maximum absolute atomic E-state index is 13.8. The second kappa shape index (κ2) is 10.8. The van der Waals surface area contributed by atoms with E-state index < -0.39 is 30.3 Å². The van der Waals surface area contributed by atoms with E-state index in [2.05, 4.69) is 9.72 Å². The van der Waals surface area contributed by atoms with Crippen LogP contribution in [0.15, 0.2) is 66.9 Å². The lowest BCUT2D eigenvalue weighted by Crippen LogP contribution is -2.40. The van der Waals surface area contributed by atoms with Gasteiger partial charge < -0.3 is 9.64 Å². The summed E-state index contributed by atoms with van der Waals surface area (Å²) in [6.45, 7) is 0.363. The zero-order chi connectivity index (χ0) is 28.7. The standard InChI is InChI=1S/C29H27F6N3O2/c1-37(14-13-18-5-12-26(36-17-18)28(30,31)32)25-16-24(21-3-2-4-23(15-21)40-29(33,34)35)38(27(25)39)22-10-8-20(9-11-22)19-6-7-19/h2-5,8-12,15,17,19,24-25H,6-7,13-14,16H2,1H3/t24-,25-/m1/s1. The molecule has 1 aliphatic heterocycles. The van der Waals surface area contributed by atoms with Crippen molar-refractivity contribution in [3.05, 3.63) is 89.2 Å². The number of nitrogens with zero attached hydrogens (tertiary/aromatic N) is 3. The molecule has 2 heterocycles. The van der Waals surface area contributed by atoms with Crippen LogP contribution in [0.2, 0.25) is 0 Å². The second-order valence-corrected chi connectivity index (χ2v) is 10.2. The van der Waals surface area contributed by atoms with Crippen molar-refractivity contribution in [3.8, 4) is 5.75 Å². The largest absolute Gasteiger partial charge is 0.573 e. The Hall–Kier alpha value is -3.60. The molecule has 1 amide bonds. The molecule has 1 aromatic heterocycles. The first-order valence-corrected chi connectivity index (χ1v) is 12.9. The van der Waals surface area contributed by atoms with Gasteiger partial charge in [0.2, 0.25) is 5.91 Å². The van der Waals surface area contributed by atoms with E-state index in [1.165, 1.54) is 36.0 Å². The summed E-state index contributed by atoms with van der Waals surface area (Å²) in [6, 6.07) is 14.5. The maximum atomic E-state index is 13.8. The van der Waals surface area contributed by atoms with Gasteiger partial charge >= 0.3 is 12.5 Å². The SMILES string of the molecule is CN(CCc1ccc(C(F)(F)F)nc1)[C@@H]1C[C@H](c2cccc(OC(F)(F)F)c2)N(c2ccc(C3CC3)cc2)C1=O. The van der Waals surface area contributed by atoms with Crippen LogP contribution in [0.25, 0.3) is 0 Å². The average molecular weight is 564 g/mol. The first kappa shape index (κ1) is 27.9. The summed E-state index contributed by atoms with van der Waals surface area (Å²) in [4.78, 5) is 20.7. The third-order valence-electron chi connectivity index (χ3n) is 7.38. The molecular formula is C29H27F6N3O2. The van der Waals surface area contributed by atoms with E-state index in [0.717, 1.165) is 18.9 Å². The number of carbonyl (C=O) groups excluding carboxylic acids is 1. The van der Waals surface area contributed by atoms with E-state index >= 15 is 0 Å².